The predicted molar refractivity (Wildman–Crippen MR) is 126 cm³/mol. The Hall–Kier alpha value is -1.81. The standard InChI is InChI=1S/C21H31N5O2.HI/c1-17-7-10-25(14-20(17)26-11-8-23-16-26)21(22-2)24-9-12-28-15-18-5-4-6-19(13-18)27-3;/h4-6,8,11,13,16-17,20H,7,9-10,12,14-15H2,1-3H3,(H,22,24);1H. The van der Waals surface area contributed by atoms with Crippen LogP contribution in [-0.4, -0.2) is 60.8 Å². The Morgan fingerprint density at radius 1 is 1.38 bits per heavy atom. The molecule has 1 aromatic heterocycles. The smallest absolute Gasteiger partial charge is 0.193 e. The van der Waals surface area contributed by atoms with Gasteiger partial charge in [-0.2, -0.15) is 0 Å². The van der Waals surface area contributed by atoms with Gasteiger partial charge in [0.25, 0.3) is 0 Å². The number of piperidine rings is 1. The largest absolute Gasteiger partial charge is 0.497 e. The highest BCUT2D eigenvalue weighted by atomic mass is 127. The molecule has 2 heterocycles. The van der Waals surface area contributed by atoms with Crippen molar-refractivity contribution in [2.75, 3.05) is 40.4 Å². The first kappa shape index (κ1) is 23.5. The molecule has 1 N–H and O–H groups in total. The Kier molecular flexibility index (Phi) is 9.72. The van der Waals surface area contributed by atoms with E-state index in [0.717, 1.165) is 43.3 Å². The van der Waals surface area contributed by atoms with Gasteiger partial charge in [0.2, 0.25) is 0 Å². The third kappa shape index (κ3) is 6.60. The molecule has 160 valence electrons. The molecular formula is C21H32IN5O2. The second-order valence-electron chi connectivity index (χ2n) is 7.17. The average Bonchev–Trinajstić information content (AvgIpc) is 3.26. The normalized spacial score (nSPS) is 19.6. The van der Waals surface area contributed by atoms with E-state index in [0.29, 0.717) is 25.2 Å². The van der Waals surface area contributed by atoms with Crippen molar-refractivity contribution in [2.45, 2.75) is 26.0 Å². The molecular weight excluding hydrogens is 481 g/mol. The fraction of sp³-hybridized carbons (Fsp3) is 0.524. The van der Waals surface area contributed by atoms with Gasteiger partial charge < -0.3 is 24.3 Å². The third-order valence-electron chi connectivity index (χ3n) is 5.27. The lowest BCUT2D eigenvalue weighted by Gasteiger charge is -2.39. The molecule has 2 atom stereocenters. The van der Waals surface area contributed by atoms with E-state index in [1.165, 1.54) is 0 Å². The quantitative estimate of drug-likeness (QED) is 0.267. The zero-order valence-electron chi connectivity index (χ0n) is 17.5. The maximum atomic E-state index is 5.79. The summed E-state index contributed by atoms with van der Waals surface area (Å²) in [6.45, 7) is 6.16. The number of methoxy groups -OCH3 is 1. The van der Waals surface area contributed by atoms with Gasteiger partial charge in [0.15, 0.2) is 5.96 Å². The van der Waals surface area contributed by atoms with E-state index >= 15 is 0 Å². The molecule has 1 fully saturated rings. The molecule has 8 heteroatoms. The minimum Gasteiger partial charge on any atom is -0.497 e. The molecule has 2 aromatic rings. The number of halogens is 1. The molecule has 2 unspecified atom stereocenters. The van der Waals surface area contributed by atoms with Crippen LogP contribution in [0.15, 0.2) is 48.0 Å². The van der Waals surface area contributed by atoms with Crippen LogP contribution in [-0.2, 0) is 11.3 Å². The topological polar surface area (TPSA) is 63.9 Å². The zero-order chi connectivity index (χ0) is 19.8. The van der Waals surface area contributed by atoms with Gasteiger partial charge in [0.05, 0.1) is 32.7 Å². The number of likely N-dealkylation sites (tertiary alicyclic amines) is 1. The summed E-state index contributed by atoms with van der Waals surface area (Å²) in [5.74, 6) is 2.41. The number of nitrogens with zero attached hydrogens (tertiary/aromatic N) is 4. The first-order valence-corrected chi connectivity index (χ1v) is 9.85. The monoisotopic (exact) mass is 513 g/mol. The Morgan fingerprint density at radius 3 is 2.97 bits per heavy atom. The van der Waals surface area contributed by atoms with Gasteiger partial charge in [-0.05, 0) is 30.0 Å². The molecule has 1 aliphatic heterocycles. The molecule has 0 amide bonds. The van der Waals surface area contributed by atoms with Gasteiger partial charge in [-0.3, -0.25) is 4.99 Å². The first-order valence-electron chi connectivity index (χ1n) is 9.85. The lowest BCUT2D eigenvalue weighted by Crippen LogP contribution is -2.49. The van der Waals surface area contributed by atoms with Gasteiger partial charge in [0.1, 0.15) is 5.75 Å². The number of ether oxygens (including phenoxy) is 2. The van der Waals surface area contributed by atoms with Crippen molar-refractivity contribution >= 4 is 29.9 Å². The number of benzene rings is 1. The van der Waals surface area contributed by atoms with Crippen LogP contribution in [0.1, 0.15) is 24.9 Å². The highest BCUT2D eigenvalue weighted by Gasteiger charge is 2.28. The molecule has 0 radical (unpaired) electrons. The zero-order valence-corrected chi connectivity index (χ0v) is 19.8. The Morgan fingerprint density at radius 2 is 2.24 bits per heavy atom. The molecule has 0 aliphatic carbocycles. The summed E-state index contributed by atoms with van der Waals surface area (Å²) < 4.78 is 13.2. The number of imidazole rings is 1. The molecule has 0 bridgehead atoms. The van der Waals surface area contributed by atoms with Crippen LogP contribution in [0.2, 0.25) is 0 Å². The van der Waals surface area contributed by atoms with E-state index in [9.17, 15) is 0 Å². The Balaban J connectivity index is 0.00000300. The second kappa shape index (κ2) is 12.0. The summed E-state index contributed by atoms with van der Waals surface area (Å²) in [6.07, 6.45) is 6.94. The van der Waals surface area contributed by atoms with Gasteiger partial charge in [0, 0.05) is 39.1 Å². The Labute approximate surface area is 190 Å². The summed E-state index contributed by atoms with van der Waals surface area (Å²) in [6, 6.07) is 8.37. The van der Waals surface area contributed by atoms with Gasteiger partial charge in [-0.1, -0.05) is 19.1 Å². The minimum atomic E-state index is 0. The van der Waals surface area contributed by atoms with Crippen LogP contribution in [0.3, 0.4) is 0 Å². The summed E-state index contributed by atoms with van der Waals surface area (Å²) in [4.78, 5) is 11.0. The maximum Gasteiger partial charge on any atom is 0.193 e. The molecule has 1 saturated heterocycles. The molecule has 1 aromatic carbocycles. The minimum absolute atomic E-state index is 0. The van der Waals surface area contributed by atoms with E-state index in [2.05, 4.69) is 31.7 Å². The van der Waals surface area contributed by atoms with Crippen molar-refractivity contribution in [2.24, 2.45) is 10.9 Å². The van der Waals surface area contributed by atoms with E-state index in [1.54, 1.807) is 7.11 Å². The highest BCUT2D eigenvalue weighted by Crippen LogP contribution is 2.27. The van der Waals surface area contributed by atoms with Crippen molar-refractivity contribution in [1.29, 1.82) is 0 Å². The van der Waals surface area contributed by atoms with Crippen molar-refractivity contribution in [1.82, 2.24) is 19.8 Å². The number of aliphatic imine (C=N–C) groups is 1. The average molecular weight is 513 g/mol. The summed E-state index contributed by atoms with van der Waals surface area (Å²) in [5.41, 5.74) is 1.11. The summed E-state index contributed by atoms with van der Waals surface area (Å²) in [5, 5.41) is 3.43. The molecule has 1 aliphatic rings. The van der Waals surface area contributed by atoms with Crippen LogP contribution in [0.5, 0.6) is 5.75 Å². The van der Waals surface area contributed by atoms with Crippen LogP contribution in [0.4, 0.5) is 0 Å². The fourth-order valence-corrected chi connectivity index (χ4v) is 3.61. The summed E-state index contributed by atoms with van der Waals surface area (Å²) in [7, 11) is 3.51. The van der Waals surface area contributed by atoms with E-state index < -0.39 is 0 Å². The van der Waals surface area contributed by atoms with E-state index in [1.807, 2.05) is 50.0 Å². The number of rotatable bonds is 7. The number of hydrogen-bond donors (Lipinski definition) is 1. The Bertz CT molecular complexity index is 753. The number of nitrogens with one attached hydrogen (secondary N) is 1. The SMILES string of the molecule is CN=C(NCCOCc1cccc(OC)c1)N1CCC(C)C(n2ccnc2)C1.I. The van der Waals surface area contributed by atoms with Crippen LogP contribution in [0, 0.1) is 5.92 Å². The molecule has 0 spiro atoms. The maximum absolute atomic E-state index is 5.79. The first-order chi connectivity index (χ1) is 13.7. The molecule has 29 heavy (non-hydrogen) atoms. The molecule has 3 rings (SSSR count). The summed E-state index contributed by atoms with van der Waals surface area (Å²) >= 11 is 0. The van der Waals surface area contributed by atoms with Crippen LogP contribution in [0.25, 0.3) is 0 Å². The van der Waals surface area contributed by atoms with Crippen molar-refractivity contribution in [3.8, 4) is 5.75 Å². The van der Waals surface area contributed by atoms with Crippen LogP contribution < -0.4 is 10.1 Å². The predicted octanol–water partition coefficient (Wildman–Crippen LogP) is 3.18. The van der Waals surface area contributed by atoms with Gasteiger partial charge in [-0.25, -0.2) is 4.98 Å². The van der Waals surface area contributed by atoms with Crippen LogP contribution >= 0.6 is 24.0 Å². The molecule has 7 nitrogen and oxygen atoms in total. The van der Waals surface area contributed by atoms with E-state index in [4.69, 9.17) is 9.47 Å². The fourth-order valence-electron chi connectivity index (χ4n) is 3.61. The van der Waals surface area contributed by atoms with Gasteiger partial charge >= 0.3 is 0 Å². The molecule has 0 saturated carbocycles. The van der Waals surface area contributed by atoms with Crippen molar-refractivity contribution in [3.05, 3.63) is 48.5 Å². The van der Waals surface area contributed by atoms with Crippen molar-refractivity contribution in [3.63, 3.8) is 0 Å². The number of aromatic nitrogens is 2. The second-order valence-corrected chi connectivity index (χ2v) is 7.17. The van der Waals surface area contributed by atoms with Gasteiger partial charge in [-0.15, -0.1) is 24.0 Å². The van der Waals surface area contributed by atoms with E-state index in [-0.39, 0.29) is 24.0 Å². The lowest BCUT2D eigenvalue weighted by molar-refractivity contribution is 0.124. The third-order valence-corrected chi connectivity index (χ3v) is 5.27. The number of guanidine groups is 1. The highest BCUT2D eigenvalue weighted by molar-refractivity contribution is 14.0. The van der Waals surface area contributed by atoms with Crippen molar-refractivity contribution < 1.29 is 9.47 Å². The lowest BCUT2D eigenvalue weighted by atomic mass is 9.93. The number of hydrogen-bond acceptors (Lipinski definition) is 4.